The largest absolute Gasteiger partial charge is 0.388 e. The molecule has 0 radical (unpaired) electrons. The van der Waals surface area contributed by atoms with Crippen molar-refractivity contribution < 1.29 is 9.84 Å². The van der Waals surface area contributed by atoms with Crippen molar-refractivity contribution in [1.29, 1.82) is 0 Å². The Balaban J connectivity index is 2.44. The summed E-state index contributed by atoms with van der Waals surface area (Å²) in [7, 11) is 1.61. The number of rotatable bonds is 6. The summed E-state index contributed by atoms with van der Waals surface area (Å²) in [5, 5.41) is 13.0. The molecular weight excluding hydrogens is 206 g/mol. The lowest BCUT2D eigenvalue weighted by atomic mass is 10.0. The molecule has 0 aliphatic rings. The predicted molar refractivity (Wildman–Crippen MR) is 64.3 cm³/mol. The van der Waals surface area contributed by atoms with Crippen molar-refractivity contribution in [2.75, 3.05) is 31.3 Å². The maximum absolute atomic E-state index is 9.97. The molecule has 0 spiro atoms. The summed E-state index contributed by atoms with van der Waals surface area (Å²) in [4.78, 5) is 4.08. The number of aliphatic hydroxyl groups is 1. The summed E-state index contributed by atoms with van der Waals surface area (Å²) >= 11 is 0. The van der Waals surface area contributed by atoms with Gasteiger partial charge in [0.15, 0.2) is 0 Å². The number of aromatic nitrogens is 1. The Morgan fingerprint density at radius 1 is 1.56 bits per heavy atom. The summed E-state index contributed by atoms with van der Waals surface area (Å²) in [5.41, 5.74) is 4.73. The first-order valence-electron chi connectivity index (χ1n) is 5.21. The van der Waals surface area contributed by atoms with Gasteiger partial charge >= 0.3 is 0 Å². The molecule has 1 aromatic heterocycles. The average molecular weight is 225 g/mol. The van der Waals surface area contributed by atoms with Crippen LogP contribution in [0.15, 0.2) is 18.2 Å². The summed E-state index contributed by atoms with van der Waals surface area (Å²) in [6.45, 7) is 2.69. The Morgan fingerprint density at radius 2 is 2.31 bits per heavy atom. The molecule has 1 aromatic rings. The fourth-order valence-corrected chi connectivity index (χ4v) is 1.24. The van der Waals surface area contributed by atoms with E-state index >= 15 is 0 Å². The molecule has 0 aromatic carbocycles. The van der Waals surface area contributed by atoms with Gasteiger partial charge in [-0.2, -0.15) is 0 Å². The Hall–Kier alpha value is -1.33. The molecule has 0 aliphatic heterocycles. The Morgan fingerprint density at radius 3 is 2.94 bits per heavy atom. The quantitative estimate of drug-likeness (QED) is 0.669. The number of pyridine rings is 1. The van der Waals surface area contributed by atoms with Crippen LogP contribution in [0.2, 0.25) is 0 Å². The highest BCUT2D eigenvalue weighted by molar-refractivity contribution is 5.42. The lowest BCUT2D eigenvalue weighted by Gasteiger charge is -2.23. The predicted octanol–water partition coefficient (Wildman–Crippen LogP) is 0.863. The van der Waals surface area contributed by atoms with Crippen LogP contribution in [0, 0.1) is 0 Å². The first-order chi connectivity index (χ1) is 7.53. The molecule has 5 heteroatoms. The van der Waals surface area contributed by atoms with Crippen LogP contribution in [0.4, 0.5) is 11.6 Å². The number of nitrogens with two attached hydrogens (primary N) is 1. The van der Waals surface area contributed by atoms with Crippen LogP contribution in [-0.4, -0.2) is 36.0 Å². The third-order valence-corrected chi connectivity index (χ3v) is 2.27. The summed E-state index contributed by atoms with van der Waals surface area (Å²) in [6, 6.07) is 5.34. The van der Waals surface area contributed by atoms with Crippen molar-refractivity contribution in [3.63, 3.8) is 0 Å². The van der Waals surface area contributed by atoms with E-state index in [9.17, 15) is 5.11 Å². The summed E-state index contributed by atoms with van der Waals surface area (Å²) in [5.74, 6) is 1.12. The van der Waals surface area contributed by atoms with E-state index in [1.807, 2.05) is 12.1 Å². The van der Waals surface area contributed by atoms with Gasteiger partial charge in [-0.25, -0.2) is 4.98 Å². The van der Waals surface area contributed by atoms with E-state index in [0.717, 1.165) is 0 Å². The average Bonchev–Trinajstić information content (AvgIpc) is 2.24. The first-order valence-corrected chi connectivity index (χ1v) is 5.21. The summed E-state index contributed by atoms with van der Waals surface area (Å²) < 4.78 is 4.93. The number of ether oxygens (including phenoxy) is 1. The minimum Gasteiger partial charge on any atom is -0.388 e. The van der Waals surface area contributed by atoms with Gasteiger partial charge in [0.1, 0.15) is 11.6 Å². The minimum atomic E-state index is -0.817. The normalized spacial score (nSPS) is 14.4. The number of nitrogen functional groups attached to an aromatic ring is 1. The lowest BCUT2D eigenvalue weighted by molar-refractivity contribution is 0.0357. The van der Waals surface area contributed by atoms with Gasteiger partial charge in [-0.15, -0.1) is 0 Å². The van der Waals surface area contributed by atoms with Crippen LogP contribution >= 0.6 is 0 Å². The van der Waals surface area contributed by atoms with Gasteiger partial charge in [-0.1, -0.05) is 6.07 Å². The van der Waals surface area contributed by atoms with Crippen molar-refractivity contribution in [2.45, 2.75) is 18.9 Å². The van der Waals surface area contributed by atoms with E-state index in [2.05, 4.69) is 10.3 Å². The van der Waals surface area contributed by atoms with Crippen molar-refractivity contribution in [2.24, 2.45) is 0 Å². The zero-order chi connectivity index (χ0) is 12.0. The van der Waals surface area contributed by atoms with Crippen molar-refractivity contribution in [3.05, 3.63) is 18.2 Å². The second-order valence-electron chi connectivity index (χ2n) is 4.04. The number of nitrogens with zero attached hydrogens (tertiary/aromatic N) is 1. The highest BCUT2D eigenvalue weighted by atomic mass is 16.5. The van der Waals surface area contributed by atoms with Gasteiger partial charge in [0.05, 0.1) is 5.60 Å². The molecule has 4 N–H and O–H groups in total. The van der Waals surface area contributed by atoms with Gasteiger partial charge in [-0.3, -0.25) is 0 Å². The van der Waals surface area contributed by atoms with Crippen LogP contribution in [0.5, 0.6) is 0 Å². The second kappa shape index (κ2) is 5.67. The van der Waals surface area contributed by atoms with Crippen LogP contribution in [-0.2, 0) is 4.74 Å². The molecule has 0 saturated carbocycles. The molecule has 5 nitrogen and oxygen atoms in total. The maximum Gasteiger partial charge on any atom is 0.128 e. The Kier molecular flexibility index (Phi) is 4.52. The van der Waals surface area contributed by atoms with Crippen LogP contribution in [0.3, 0.4) is 0 Å². The SMILES string of the molecule is COCCC(C)(O)CNc1cccc(N)n1. The molecule has 0 saturated heterocycles. The zero-order valence-corrected chi connectivity index (χ0v) is 9.73. The third-order valence-electron chi connectivity index (χ3n) is 2.27. The number of nitrogens with one attached hydrogen (secondary N) is 1. The highest BCUT2D eigenvalue weighted by Crippen LogP contribution is 2.12. The summed E-state index contributed by atoms with van der Waals surface area (Å²) in [6.07, 6.45) is 0.568. The highest BCUT2D eigenvalue weighted by Gasteiger charge is 2.19. The van der Waals surface area contributed by atoms with E-state index in [4.69, 9.17) is 10.5 Å². The van der Waals surface area contributed by atoms with Gasteiger partial charge in [-0.05, 0) is 19.1 Å². The molecular formula is C11H19N3O2. The van der Waals surface area contributed by atoms with Crippen molar-refractivity contribution in [3.8, 4) is 0 Å². The first kappa shape index (κ1) is 12.7. The molecule has 1 atom stereocenters. The smallest absolute Gasteiger partial charge is 0.128 e. The number of anilines is 2. The number of hydrogen-bond acceptors (Lipinski definition) is 5. The standard InChI is InChI=1S/C11H19N3O2/c1-11(15,6-7-16-2)8-13-10-5-3-4-9(12)14-10/h3-5,15H,6-8H2,1-2H3,(H3,12,13,14). The van der Waals surface area contributed by atoms with E-state index in [1.165, 1.54) is 0 Å². The number of methoxy groups -OCH3 is 1. The molecule has 1 rings (SSSR count). The van der Waals surface area contributed by atoms with Crippen LogP contribution in [0.1, 0.15) is 13.3 Å². The molecule has 1 heterocycles. The second-order valence-corrected chi connectivity index (χ2v) is 4.04. The molecule has 0 fully saturated rings. The maximum atomic E-state index is 9.97. The molecule has 0 bridgehead atoms. The number of hydrogen-bond donors (Lipinski definition) is 3. The van der Waals surface area contributed by atoms with Gasteiger partial charge < -0.3 is 20.9 Å². The van der Waals surface area contributed by atoms with Crippen molar-refractivity contribution in [1.82, 2.24) is 4.98 Å². The van der Waals surface area contributed by atoms with E-state index in [0.29, 0.717) is 31.2 Å². The molecule has 16 heavy (non-hydrogen) atoms. The van der Waals surface area contributed by atoms with Gasteiger partial charge in [0.25, 0.3) is 0 Å². The third kappa shape index (κ3) is 4.46. The lowest BCUT2D eigenvalue weighted by Crippen LogP contribution is -2.34. The van der Waals surface area contributed by atoms with Crippen LogP contribution in [0.25, 0.3) is 0 Å². The van der Waals surface area contributed by atoms with E-state index in [1.54, 1.807) is 20.1 Å². The fourth-order valence-electron chi connectivity index (χ4n) is 1.24. The van der Waals surface area contributed by atoms with E-state index in [-0.39, 0.29) is 0 Å². The van der Waals surface area contributed by atoms with Gasteiger partial charge in [0.2, 0.25) is 0 Å². The van der Waals surface area contributed by atoms with Gasteiger partial charge in [0, 0.05) is 26.7 Å². The molecule has 0 amide bonds. The van der Waals surface area contributed by atoms with Crippen molar-refractivity contribution >= 4 is 11.6 Å². The fraction of sp³-hybridized carbons (Fsp3) is 0.545. The minimum absolute atomic E-state index is 0.410. The monoisotopic (exact) mass is 225 g/mol. The topological polar surface area (TPSA) is 80.4 Å². The Bertz CT molecular complexity index is 329. The zero-order valence-electron chi connectivity index (χ0n) is 9.73. The molecule has 90 valence electrons. The van der Waals surface area contributed by atoms with E-state index < -0.39 is 5.60 Å². The Labute approximate surface area is 95.6 Å². The molecule has 0 aliphatic carbocycles. The van der Waals surface area contributed by atoms with Crippen LogP contribution < -0.4 is 11.1 Å². The molecule has 1 unspecified atom stereocenters.